The predicted molar refractivity (Wildman–Crippen MR) is 98.1 cm³/mol. The van der Waals surface area contributed by atoms with Gasteiger partial charge in [0.1, 0.15) is 0 Å². The summed E-state index contributed by atoms with van der Waals surface area (Å²) < 4.78 is 2.11. The first-order valence-electron chi connectivity index (χ1n) is 9.30. The maximum atomic E-state index is 4.37. The second-order valence-corrected chi connectivity index (χ2v) is 7.63. The van der Waals surface area contributed by atoms with E-state index in [9.17, 15) is 0 Å². The zero-order valence-corrected chi connectivity index (χ0v) is 15.2. The first-order valence-corrected chi connectivity index (χ1v) is 9.30. The molecule has 0 spiro atoms. The molecule has 1 fully saturated rings. The van der Waals surface area contributed by atoms with Crippen LogP contribution in [0.4, 0.5) is 0 Å². The molecule has 1 atom stereocenters. The fourth-order valence-electron chi connectivity index (χ4n) is 3.64. The Morgan fingerprint density at radius 2 is 1.79 bits per heavy atom. The van der Waals surface area contributed by atoms with Crippen LogP contribution >= 0.6 is 0 Å². The molecule has 1 aliphatic heterocycles. The Kier molecular flexibility index (Phi) is 5.67. The first-order chi connectivity index (χ1) is 11.6. The van der Waals surface area contributed by atoms with E-state index in [1.165, 1.54) is 18.4 Å². The summed E-state index contributed by atoms with van der Waals surface area (Å²) in [4.78, 5) is 2.60. The average Bonchev–Trinajstić information content (AvgIpc) is 3.04. The van der Waals surface area contributed by atoms with Crippen LogP contribution in [0.1, 0.15) is 56.8 Å². The number of aromatic nitrogens is 3. The highest BCUT2D eigenvalue weighted by Gasteiger charge is 2.23. The van der Waals surface area contributed by atoms with Crippen LogP contribution < -0.4 is 0 Å². The number of likely N-dealkylation sites (tertiary alicyclic amines) is 1. The third-order valence-electron chi connectivity index (χ3n) is 5.01. The molecule has 4 heteroatoms. The molecule has 0 saturated carbocycles. The number of nitrogens with zero attached hydrogens (tertiary/aromatic N) is 4. The smallest absolute Gasteiger partial charge is 0.0829 e. The lowest BCUT2D eigenvalue weighted by Gasteiger charge is -2.33. The molecule has 0 N–H and O–H groups in total. The Labute approximate surface area is 145 Å². The zero-order valence-electron chi connectivity index (χ0n) is 15.2. The van der Waals surface area contributed by atoms with Crippen molar-refractivity contribution in [2.45, 2.75) is 52.0 Å². The first kappa shape index (κ1) is 17.2. The Bertz CT molecular complexity index is 612. The molecule has 3 rings (SSSR count). The van der Waals surface area contributed by atoms with Crippen LogP contribution in [0, 0.1) is 5.92 Å². The van der Waals surface area contributed by atoms with Crippen molar-refractivity contribution < 1.29 is 0 Å². The van der Waals surface area contributed by atoms with Gasteiger partial charge in [0.15, 0.2) is 0 Å². The van der Waals surface area contributed by atoms with Crippen LogP contribution in [0.5, 0.6) is 0 Å². The minimum Gasteiger partial charge on any atom is -0.303 e. The third kappa shape index (κ3) is 4.44. The van der Waals surface area contributed by atoms with Crippen LogP contribution in [0.2, 0.25) is 0 Å². The van der Waals surface area contributed by atoms with Gasteiger partial charge in [0.05, 0.1) is 11.7 Å². The summed E-state index contributed by atoms with van der Waals surface area (Å²) >= 11 is 0. The van der Waals surface area contributed by atoms with Gasteiger partial charge in [0.2, 0.25) is 0 Å². The number of piperidine rings is 1. The molecule has 0 aliphatic carbocycles. The van der Waals surface area contributed by atoms with E-state index in [0.29, 0.717) is 17.9 Å². The molecule has 2 heterocycles. The highest BCUT2D eigenvalue weighted by Crippen LogP contribution is 2.24. The SMILES string of the molecule is CC(C)Cc1cn(C2CCN(C[C@H](C)c3ccccc3)CC2)nn1. The molecule has 4 nitrogen and oxygen atoms in total. The van der Waals surface area contributed by atoms with Gasteiger partial charge in [-0.3, -0.25) is 0 Å². The lowest BCUT2D eigenvalue weighted by atomic mass is 9.98. The van der Waals surface area contributed by atoms with E-state index >= 15 is 0 Å². The van der Waals surface area contributed by atoms with Gasteiger partial charge in [-0.1, -0.05) is 56.3 Å². The minimum absolute atomic E-state index is 0.515. The molecule has 0 unspecified atom stereocenters. The fraction of sp³-hybridized carbons (Fsp3) is 0.600. The van der Waals surface area contributed by atoms with Crippen LogP contribution in [0.15, 0.2) is 36.5 Å². The van der Waals surface area contributed by atoms with Crippen molar-refractivity contribution in [3.63, 3.8) is 0 Å². The van der Waals surface area contributed by atoms with Crippen LogP contribution in [-0.4, -0.2) is 39.5 Å². The van der Waals surface area contributed by atoms with Gasteiger partial charge < -0.3 is 4.90 Å². The maximum Gasteiger partial charge on any atom is 0.0829 e. The van der Waals surface area contributed by atoms with E-state index in [-0.39, 0.29) is 0 Å². The molecular weight excluding hydrogens is 296 g/mol. The Hall–Kier alpha value is -1.68. The molecule has 24 heavy (non-hydrogen) atoms. The molecular formula is C20H30N4. The van der Waals surface area contributed by atoms with Crippen molar-refractivity contribution in [3.05, 3.63) is 47.8 Å². The van der Waals surface area contributed by atoms with Crippen LogP contribution in [0.25, 0.3) is 0 Å². The number of benzene rings is 1. The highest BCUT2D eigenvalue weighted by atomic mass is 15.4. The largest absolute Gasteiger partial charge is 0.303 e. The summed E-state index contributed by atoms with van der Waals surface area (Å²) in [6, 6.07) is 11.4. The normalized spacial score (nSPS) is 18.2. The van der Waals surface area contributed by atoms with Crippen LogP contribution in [0.3, 0.4) is 0 Å². The van der Waals surface area contributed by atoms with Gasteiger partial charge in [-0.05, 0) is 36.7 Å². The van der Waals surface area contributed by atoms with Crippen molar-refractivity contribution >= 4 is 0 Å². The van der Waals surface area contributed by atoms with Crippen molar-refractivity contribution in [2.75, 3.05) is 19.6 Å². The molecule has 0 bridgehead atoms. The molecule has 1 aromatic heterocycles. The van der Waals surface area contributed by atoms with Gasteiger partial charge in [-0.15, -0.1) is 5.10 Å². The number of hydrogen-bond donors (Lipinski definition) is 0. The van der Waals surface area contributed by atoms with E-state index in [0.717, 1.165) is 31.7 Å². The lowest BCUT2D eigenvalue weighted by Crippen LogP contribution is -2.37. The summed E-state index contributed by atoms with van der Waals surface area (Å²) in [6.45, 7) is 10.2. The van der Waals surface area contributed by atoms with E-state index in [2.05, 4.69) is 77.2 Å². The predicted octanol–water partition coefficient (Wildman–Crippen LogP) is 3.92. The standard InChI is InChI=1S/C20H30N4/c1-16(2)13-19-15-24(22-21-19)20-9-11-23(12-10-20)14-17(3)18-7-5-4-6-8-18/h4-8,15-17,20H,9-14H2,1-3H3/t17-/m0/s1. The molecule has 2 aromatic rings. The van der Waals surface area contributed by atoms with E-state index in [4.69, 9.17) is 0 Å². The highest BCUT2D eigenvalue weighted by molar-refractivity contribution is 5.19. The Morgan fingerprint density at radius 1 is 1.08 bits per heavy atom. The number of rotatable bonds is 6. The van der Waals surface area contributed by atoms with Gasteiger partial charge in [0, 0.05) is 25.8 Å². The molecule has 1 saturated heterocycles. The van der Waals surface area contributed by atoms with Gasteiger partial charge in [0.25, 0.3) is 0 Å². The van der Waals surface area contributed by atoms with E-state index in [1.807, 2.05) is 0 Å². The van der Waals surface area contributed by atoms with Crippen molar-refractivity contribution in [1.29, 1.82) is 0 Å². The second kappa shape index (κ2) is 7.93. The summed E-state index contributed by atoms with van der Waals surface area (Å²) in [5.41, 5.74) is 2.57. The third-order valence-corrected chi connectivity index (χ3v) is 5.01. The van der Waals surface area contributed by atoms with Crippen molar-refractivity contribution in [2.24, 2.45) is 5.92 Å². The summed E-state index contributed by atoms with van der Waals surface area (Å²) in [5, 5.41) is 8.71. The number of hydrogen-bond acceptors (Lipinski definition) is 3. The molecule has 1 aliphatic rings. The fourth-order valence-corrected chi connectivity index (χ4v) is 3.64. The summed E-state index contributed by atoms with van der Waals surface area (Å²) in [6.07, 6.45) is 5.53. The van der Waals surface area contributed by atoms with Gasteiger partial charge >= 0.3 is 0 Å². The zero-order chi connectivity index (χ0) is 16.9. The maximum absolute atomic E-state index is 4.37. The summed E-state index contributed by atoms with van der Waals surface area (Å²) in [5.74, 6) is 1.23. The quantitative estimate of drug-likeness (QED) is 0.807. The topological polar surface area (TPSA) is 34.0 Å². The van der Waals surface area contributed by atoms with Crippen molar-refractivity contribution in [1.82, 2.24) is 19.9 Å². The molecule has 130 valence electrons. The van der Waals surface area contributed by atoms with Gasteiger partial charge in [-0.2, -0.15) is 0 Å². The second-order valence-electron chi connectivity index (χ2n) is 7.63. The van der Waals surface area contributed by atoms with Gasteiger partial charge in [-0.25, -0.2) is 4.68 Å². The molecule has 0 radical (unpaired) electrons. The summed E-state index contributed by atoms with van der Waals surface area (Å²) in [7, 11) is 0. The molecule has 0 amide bonds. The Balaban J connectivity index is 1.49. The average molecular weight is 326 g/mol. The monoisotopic (exact) mass is 326 g/mol. The van der Waals surface area contributed by atoms with Crippen LogP contribution in [-0.2, 0) is 6.42 Å². The Morgan fingerprint density at radius 3 is 2.46 bits per heavy atom. The van der Waals surface area contributed by atoms with Crippen molar-refractivity contribution in [3.8, 4) is 0 Å². The lowest BCUT2D eigenvalue weighted by molar-refractivity contribution is 0.172. The van der Waals surface area contributed by atoms with E-state index < -0.39 is 0 Å². The minimum atomic E-state index is 0.515. The molecule has 1 aromatic carbocycles. The van der Waals surface area contributed by atoms with E-state index in [1.54, 1.807) is 0 Å².